The molecule has 1 aromatic carbocycles. The van der Waals surface area contributed by atoms with Crippen LogP contribution in [0.4, 0.5) is 0 Å². The van der Waals surface area contributed by atoms with Gasteiger partial charge < -0.3 is 4.74 Å². The lowest BCUT2D eigenvalue weighted by atomic mass is 10.1. The van der Waals surface area contributed by atoms with Crippen LogP contribution in [0.25, 0.3) is 10.9 Å². The summed E-state index contributed by atoms with van der Waals surface area (Å²) in [6.07, 6.45) is 3.72. The summed E-state index contributed by atoms with van der Waals surface area (Å²) in [5.74, 6) is 0. The maximum absolute atomic E-state index is 6.27. The number of benzene rings is 1. The van der Waals surface area contributed by atoms with Crippen molar-refractivity contribution in [1.29, 1.82) is 0 Å². The predicted octanol–water partition coefficient (Wildman–Crippen LogP) is 3.92. The van der Waals surface area contributed by atoms with Crippen LogP contribution < -0.4 is 0 Å². The van der Waals surface area contributed by atoms with E-state index in [1.807, 2.05) is 36.0 Å². The van der Waals surface area contributed by atoms with Crippen molar-refractivity contribution in [3.05, 3.63) is 57.6 Å². The van der Waals surface area contributed by atoms with E-state index in [1.165, 1.54) is 0 Å². The Morgan fingerprint density at radius 2 is 2.26 bits per heavy atom. The smallest absolute Gasteiger partial charge is 0.123 e. The van der Waals surface area contributed by atoms with Gasteiger partial charge in [-0.05, 0) is 23.8 Å². The van der Waals surface area contributed by atoms with Crippen molar-refractivity contribution in [2.45, 2.75) is 12.6 Å². The molecule has 0 radical (unpaired) electrons. The Balaban J connectivity index is 1.58. The zero-order valence-electron chi connectivity index (χ0n) is 12.5. The van der Waals surface area contributed by atoms with E-state index < -0.39 is 0 Å². The number of morpholine rings is 1. The summed E-state index contributed by atoms with van der Waals surface area (Å²) in [5, 5.41) is 4.88. The van der Waals surface area contributed by atoms with Gasteiger partial charge in [0.25, 0.3) is 0 Å². The molecule has 23 heavy (non-hydrogen) atoms. The zero-order valence-corrected chi connectivity index (χ0v) is 14.1. The Kier molecular flexibility index (Phi) is 4.27. The minimum absolute atomic E-state index is 0.0576. The van der Waals surface area contributed by atoms with Gasteiger partial charge in [0.15, 0.2) is 0 Å². The second-order valence-electron chi connectivity index (χ2n) is 5.60. The number of thiazole rings is 1. The number of fused-ring (bicyclic) bond motifs is 1. The van der Waals surface area contributed by atoms with Gasteiger partial charge in [-0.25, -0.2) is 4.98 Å². The van der Waals surface area contributed by atoms with Crippen molar-refractivity contribution in [3.8, 4) is 0 Å². The number of hydrogen-bond acceptors (Lipinski definition) is 5. The molecular weight excluding hydrogens is 330 g/mol. The molecule has 1 aliphatic rings. The molecule has 6 heteroatoms. The van der Waals surface area contributed by atoms with Crippen LogP contribution in [0.3, 0.4) is 0 Å². The second-order valence-corrected chi connectivity index (χ2v) is 6.97. The van der Waals surface area contributed by atoms with Crippen molar-refractivity contribution >= 4 is 33.8 Å². The lowest BCUT2D eigenvalue weighted by Crippen LogP contribution is -2.37. The Labute approximate surface area is 143 Å². The van der Waals surface area contributed by atoms with E-state index in [2.05, 4.69) is 20.9 Å². The minimum Gasteiger partial charge on any atom is -0.368 e. The molecule has 3 heterocycles. The molecule has 0 spiro atoms. The minimum atomic E-state index is 0.0576. The highest BCUT2D eigenvalue weighted by molar-refractivity contribution is 7.09. The van der Waals surface area contributed by atoms with E-state index in [0.717, 1.165) is 52.7 Å². The van der Waals surface area contributed by atoms with Crippen molar-refractivity contribution in [2.75, 3.05) is 19.7 Å². The average molecular weight is 346 g/mol. The average Bonchev–Trinajstić information content (AvgIpc) is 3.09. The largest absolute Gasteiger partial charge is 0.368 e. The Bertz CT molecular complexity index is 809. The quantitative estimate of drug-likeness (QED) is 0.721. The van der Waals surface area contributed by atoms with E-state index in [1.54, 1.807) is 11.3 Å². The SMILES string of the molecule is Clc1cc(CN2CCO[C@@H](c3nccs3)C2)c2ncccc2c1. The summed E-state index contributed by atoms with van der Waals surface area (Å²) < 4.78 is 5.87. The standard InChI is InChI=1S/C17H16ClN3OS/c18-14-8-12-2-1-3-19-16(12)13(9-14)10-21-5-6-22-15(11-21)17-20-4-7-23-17/h1-4,7-9,15H,5-6,10-11H2/t15-/m1/s1. The highest BCUT2D eigenvalue weighted by Crippen LogP contribution is 2.27. The molecule has 118 valence electrons. The van der Waals surface area contributed by atoms with Gasteiger partial charge in [0.05, 0.1) is 12.1 Å². The third-order valence-corrected chi connectivity index (χ3v) is 5.11. The fraction of sp³-hybridized carbons (Fsp3) is 0.294. The monoisotopic (exact) mass is 345 g/mol. The van der Waals surface area contributed by atoms with Crippen LogP contribution in [0, 0.1) is 0 Å². The predicted molar refractivity (Wildman–Crippen MR) is 92.8 cm³/mol. The number of rotatable bonds is 3. The van der Waals surface area contributed by atoms with Crippen LogP contribution in [0.1, 0.15) is 16.7 Å². The fourth-order valence-electron chi connectivity index (χ4n) is 2.98. The van der Waals surface area contributed by atoms with Gasteiger partial charge in [0, 0.05) is 47.8 Å². The van der Waals surface area contributed by atoms with Crippen LogP contribution in [-0.2, 0) is 11.3 Å². The number of hydrogen-bond donors (Lipinski definition) is 0. The lowest BCUT2D eigenvalue weighted by molar-refractivity contribution is -0.0328. The van der Waals surface area contributed by atoms with Gasteiger partial charge >= 0.3 is 0 Å². The topological polar surface area (TPSA) is 38.2 Å². The third-order valence-electron chi connectivity index (χ3n) is 4.02. The zero-order chi connectivity index (χ0) is 15.6. The summed E-state index contributed by atoms with van der Waals surface area (Å²) in [6, 6.07) is 7.97. The first-order valence-corrected chi connectivity index (χ1v) is 8.82. The Hall–Kier alpha value is -1.53. The third kappa shape index (κ3) is 3.23. The van der Waals surface area contributed by atoms with Crippen LogP contribution in [-0.4, -0.2) is 34.6 Å². The van der Waals surface area contributed by atoms with Crippen LogP contribution in [0.2, 0.25) is 5.02 Å². The molecule has 4 nitrogen and oxygen atoms in total. The number of pyridine rings is 1. The molecule has 1 fully saturated rings. The van der Waals surface area contributed by atoms with Gasteiger partial charge in [-0.1, -0.05) is 17.7 Å². The normalized spacial score (nSPS) is 19.3. The maximum Gasteiger partial charge on any atom is 0.123 e. The molecule has 0 amide bonds. The molecular formula is C17H16ClN3OS. The van der Waals surface area contributed by atoms with Gasteiger partial charge in [0.1, 0.15) is 11.1 Å². The molecule has 0 unspecified atom stereocenters. The van der Waals surface area contributed by atoms with Gasteiger partial charge in [0.2, 0.25) is 0 Å². The van der Waals surface area contributed by atoms with Crippen molar-refractivity contribution in [1.82, 2.24) is 14.9 Å². The summed E-state index contributed by atoms with van der Waals surface area (Å²) in [4.78, 5) is 11.3. The molecule has 4 rings (SSSR count). The molecule has 0 aliphatic carbocycles. The van der Waals surface area contributed by atoms with Crippen LogP contribution in [0.15, 0.2) is 42.0 Å². The van der Waals surface area contributed by atoms with Crippen LogP contribution >= 0.6 is 22.9 Å². The summed E-state index contributed by atoms with van der Waals surface area (Å²) in [6.45, 7) is 3.28. The highest BCUT2D eigenvalue weighted by atomic mass is 35.5. The maximum atomic E-state index is 6.27. The highest BCUT2D eigenvalue weighted by Gasteiger charge is 2.24. The van der Waals surface area contributed by atoms with E-state index in [0.29, 0.717) is 0 Å². The summed E-state index contributed by atoms with van der Waals surface area (Å²) >= 11 is 7.92. The molecule has 0 saturated carbocycles. The van der Waals surface area contributed by atoms with E-state index in [9.17, 15) is 0 Å². The molecule has 1 atom stereocenters. The number of aromatic nitrogens is 2. The van der Waals surface area contributed by atoms with E-state index in [4.69, 9.17) is 16.3 Å². The molecule has 1 saturated heterocycles. The van der Waals surface area contributed by atoms with Gasteiger partial charge in [-0.15, -0.1) is 11.3 Å². The van der Waals surface area contributed by atoms with E-state index >= 15 is 0 Å². The number of nitrogens with zero attached hydrogens (tertiary/aromatic N) is 3. The van der Waals surface area contributed by atoms with Crippen molar-refractivity contribution < 1.29 is 4.74 Å². The first kappa shape index (κ1) is 15.0. The molecule has 0 bridgehead atoms. The lowest BCUT2D eigenvalue weighted by Gasteiger charge is -2.32. The molecule has 2 aromatic heterocycles. The van der Waals surface area contributed by atoms with Crippen molar-refractivity contribution in [3.63, 3.8) is 0 Å². The van der Waals surface area contributed by atoms with Gasteiger partial charge in [-0.2, -0.15) is 0 Å². The van der Waals surface area contributed by atoms with Crippen LogP contribution in [0.5, 0.6) is 0 Å². The molecule has 1 aliphatic heterocycles. The van der Waals surface area contributed by atoms with Gasteiger partial charge in [-0.3, -0.25) is 9.88 Å². The first-order chi connectivity index (χ1) is 11.3. The Morgan fingerprint density at radius 3 is 3.13 bits per heavy atom. The fourth-order valence-corrected chi connectivity index (χ4v) is 3.90. The number of ether oxygens (including phenoxy) is 1. The second kappa shape index (κ2) is 6.53. The number of halogens is 1. The van der Waals surface area contributed by atoms with Crippen molar-refractivity contribution in [2.24, 2.45) is 0 Å². The molecule has 3 aromatic rings. The molecule has 0 N–H and O–H groups in total. The summed E-state index contributed by atoms with van der Waals surface area (Å²) in [5.41, 5.74) is 2.18. The van der Waals surface area contributed by atoms with E-state index in [-0.39, 0.29) is 6.10 Å². The first-order valence-electron chi connectivity index (χ1n) is 7.56. The Morgan fingerprint density at radius 1 is 1.30 bits per heavy atom. The summed E-state index contributed by atoms with van der Waals surface area (Å²) in [7, 11) is 0.